The summed E-state index contributed by atoms with van der Waals surface area (Å²) in [6.07, 6.45) is 12.1. The van der Waals surface area contributed by atoms with E-state index in [1.165, 1.54) is 38.5 Å². The third-order valence-corrected chi connectivity index (χ3v) is 8.57. The molecule has 1 aromatic carbocycles. The van der Waals surface area contributed by atoms with E-state index in [0.29, 0.717) is 47.0 Å². The number of pyridine rings is 1. The largest absolute Gasteiger partial charge is 0.424 e. The van der Waals surface area contributed by atoms with Crippen molar-refractivity contribution in [2.45, 2.75) is 57.0 Å². The van der Waals surface area contributed by atoms with E-state index < -0.39 is 5.91 Å². The zero-order valence-corrected chi connectivity index (χ0v) is 20.8. The summed E-state index contributed by atoms with van der Waals surface area (Å²) in [5.41, 5.74) is 8.28. The monoisotopic (exact) mass is 496 g/mol. The highest BCUT2D eigenvalue weighted by molar-refractivity contribution is 5.93. The molecule has 6 rings (SSSR count). The molecule has 3 heterocycles. The van der Waals surface area contributed by atoms with E-state index >= 15 is 0 Å². The Labute approximate surface area is 216 Å². The summed E-state index contributed by atoms with van der Waals surface area (Å²) in [5.74, 6) is 2.15. The Hall–Kier alpha value is -3.86. The minimum Gasteiger partial charge on any atom is -0.424 e. The number of nitriles is 1. The predicted molar refractivity (Wildman–Crippen MR) is 141 cm³/mol. The molecule has 37 heavy (non-hydrogen) atoms. The number of nitrogens with two attached hydrogens (primary N) is 1. The van der Waals surface area contributed by atoms with Gasteiger partial charge in [0.15, 0.2) is 5.76 Å². The van der Waals surface area contributed by atoms with Crippen molar-refractivity contribution in [2.24, 2.45) is 23.5 Å². The number of primary amides is 1. The van der Waals surface area contributed by atoms with Crippen LogP contribution in [0.3, 0.4) is 0 Å². The van der Waals surface area contributed by atoms with Gasteiger partial charge in [0.25, 0.3) is 6.01 Å². The zero-order chi connectivity index (χ0) is 25.4. The van der Waals surface area contributed by atoms with Crippen LogP contribution in [0.4, 0.5) is 11.7 Å². The molecule has 190 valence electrons. The molecular weight excluding hydrogens is 464 g/mol. The van der Waals surface area contributed by atoms with E-state index in [2.05, 4.69) is 26.3 Å². The first-order valence-electron chi connectivity index (χ1n) is 13.3. The highest BCUT2D eigenvalue weighted by Gasteiger charge is 2.46. The van der Waals surface area contributed by atoms with Gasteiger partial charge in [0.05, 0.1) is 18.1 Å². The molecule has 8 nitrogen and oxygen atoms in total. The fourth-order valence-electron chi connectivity index (χ4n) is 6.86. The van der Waals surface area contributed by atoms with Gasteiger partial charge in [-0.2, -0.15) is 5.26 Å². The first kappa shape index (κ1) is 23.5. The number of nitrogens with zero attached hydrogens (tertiary/aromatic N) is 4. The molecule has 1 aliphatic heterocycles. The van der Waals surface area contributed by atoms with Crippen LogP contribution in [-0.2, 0) is 0 Å². The van der Waals surface area contributed by atoms with E-state index in [0.717, 1.165) is 30.1 Å². The molecule has 3 aliphatic rings. The molecule has 1 amide bonds. The Bertz CT molecular complexity index is 1310. The Kier molecular flexibility index (Phi) is 6.29. The molecule has 2 saturated carbocycles. The number of piperidine rings is 1. The number of amides is 1. The molecule has 2 bridgehead atoms. The van der Waals surface area contributed by atoms with Crippen LogP contribution in [0.15, 0.2) is 53.2 Å². The first-order chi connectivity index (χ1) is 18.1. The second-order valence-electron chi connectivity index (χ2n) is 10.8. The topological polar surface area (TPSA) is 121 Å². The summed E-state index contributed by atoms with van der Waals surface area (Å²) in [7, 11) is 0. The number of hydrogen-bond donors (Lipinski definition) is 2. The maximum Gasteiger partial charge on any atom is 0.295 e. The van der Waals surface area contributed by atoms with Crippen molar-refractivity contribution in [1.29, 1.82) is 5.26 Å². The van der Waals surface area contributed by atoms with Gasteiger partial charge < -0.3 is 20.4 Å². The molecule has 1 saturated heterocycles. The number of benzene rings is 1. The molecule has 0 radical (unpaired) electrons. The van der Waals surface area contributed by atoms with Crippen molar-refractivity contribution in [2.75, 3.05) is 16.8 Å². The van der Waals surface area contributed by atoms with Gasteiger partial charge in [-0.1, -0.05) is 25.0 Å². The summed E-state index contributed by atoms with van der Waals surface area (Å²) >= 11 is 0. The zero-order valence-electron chi connectivity index (χ0n) is 20.8. The average molecular weight is 497 g/mol. The first-order valence-corrected chi connectivity index (χ1v) is 13.3. The van der Waals surface area contributed by atoms with Crippen molar-refractivity contribution >= 4 is 17.6 Å². The number of oxazole rings is 1. The van der Waals surface area contributed by atoms with Gasteiger partial charge in [-0.25, -0.2) is 9.97 Å². The third-order valence-electron chi connectivity index (χ3n) is 8.57. The number of fused-ring (bicyclic) bond motifs is 2. The lowest BCUT2D eigenvalue weighted by Crippen LogP contribution is -2.41. The summed E-state index contributed by atoms with van der Waals surface area (Å²) in [4.78, 5) is 22.9. The van der Waals surface area contributed by atoms with Crippen LogP contribution in [0.2, 0.25) is 0 Å². The lowest BCUT2D eigenvalue weighted by atomic mass is 9.77. The van der Waals surface area contributed by atoms with E-state index in [-0.39, 0.29) is 0 Å². The van der Waals surface area contributed by atoms with Gasteiger partial charge >= 0.3 is 0 Å². The number of carbonyl (C=O) groups excluding carboxylic acids is 1. The van der Waals surface area contributed by atoms with Gasteiger partial charge in [0.1, 0.15) is 11.8 Å². The molecule has 0 unspecified atom stereocenters. The number of rotatable bonds is 7. The minimum atomic E-state index is -0.459. The number of nitrogens with one attached hydrogen (secondary N) is 1. The average Bonchev–Trinajstić information content (AvgIpc) is 3.66. The van der Waals surface area contributed by atoms with Crippen LogP contribution in [0.5, 0.6) is 0 Å². The summed E-state index contributed by atoms with van der Waals surface area (Å²) < 4.78 is 6.06. The van der Waals surface area contributed by atoms with Crippen molar-refractivity contribution in [3.63, 3.8) is 0 Å². The van der Waals surface area contributed by atoms with Crippen molar-refractivity contribution in [1.82, 2.24) is 9.97 Å². The van der Waals surface area contributed by atoms with E-state index in [4.69, 9.17) is 15.4 Å². The van der Waals surface area contributed by atoms with Gasteiger partial charge in [0, 0.05) is 29.8 Å². The van der Waals surface area contributed by atoms with Crippen molar-refractivity contribution < 1.29 is 9.21 Å². The third kappa shape index (κ3) is 4.78. The van der Waals surface area contributed by atoms with Gasteiger partial charge in [0.2, 0.25) is 5.91 Å². The molecule has 2 aromatic heterocycles. The summed E-state index contributed by atoms with van der Waals surface area (Å²) in [6.45, 7) is 1.09. The SMILES string of the molecule is N#Cc1ccc(N2C[C@@H]3C[C@H](C[C@@H]4CCCC[C@H]4Nc4ncc(-c5cccc(C(N)=O)c5)o4)[C@H]2C3)cn1. The van der Waals surface area contributed by atoms with Gasteiger partial charge in [-0.3, -0.25) is 4.79 Å². The van der Waals surface area contributed by atoms with E-state index in [9.17, 15) is 4.79 Å². The molecule has 3 N–H and O–H groups in total. The lowest BCUT2D eigenvalue weighted by molar-refractivity contribution is 0.100. The maximum atomic E-state index is 11.6. The van der Waals surface area contributed by atoms with E-state index in [1.807, 2.05) is 24.4 Å². The Balaban J connectivity index is 1.13. The van der Waals surface area contributed by atoms with Crippen LogP contribution >= 0.6 is 0 Å². The standard InChI is InChI=1S/C29H32N6O2/c30-14-23-8-9-24(15-32-23)35-17-18-10-22(26(35)11-18)12-19-4-1-2-7-25(19)34-29-33-16-27(37-29)20-5-3-6-21(13-20)28(31)36/h3,5-6,8-9,13,15-16,18-19,22,25-26H,1-2,4,7,10-12,17H2,(H2,31,36)(H,33,34)/t18-,19+,22-,25-,26-/m1/s1. The van der Waals surface area contributed by atoms with Crippen LogP contribution in [0.25, 0.3) is 11.3 Å². The second-order valence-corrected chi connectivity index (χ2v) is 10.8. The molecule has 3 aromatic rings. The van der Waals surface area contributed by atoms with Crippen molar-refractivity contribution in [3.05, 3.63) is 60.0 Å². The Morgan fingerprint density at radius 1 is 1.14 bits per heavy atom. The maximum absolute atomic E-state index is 11.6. The van der Waals surface area contributed by atoms with E-state index in [1.54, 1.807) is 24.4 Å². The van der Waals surface area contributed by atoms with Crippen molar-refractivity contribution in [3.8, 4) is 17.4 Å². The highest BCUT2D eigenvalue weighted by Crippen LogP contribution is 2.47. The van der Waals surface area contributed by atoms with Gasteiger partial charge in [-0.05, 0) is 74.1 Å². The fourth-order valence-corrected chi connectivity index (χ4v) is 6.86. The minimum absolute atomic E-state index is 0.335. The summed E-state index contributed by atoms with van der Waals surface area (Å²) in [6, 6.07) is 14.5. The number of anilines is 2. The number of hydrogen-bond acceptors (Lipinski definition) is 7. The van der Waals surface area contributed by atoms with Gasteiger partial charge in [-0.15, -0.1) is 0 Å². The second kappa shape index (κ2) is 9.89. The molecular formula is C29H32N6O2. The highest BCUT2D eigenvalue weighted by atomic mass is 16.4. The van der Waals surface area contributed by atoms with Crippen LogP contribution in [0.1, 0.15) is 61.0 Å². The molecule has 0 spiro atoms. The predicted octanol–water partition coefficient (Wildman–Crippen LogP) is 4.98. The molecule has 2 aliphatic carbocycles. The fraction of sp³-hybridized carbons (Fsp3) is 0.448. The lowest BCUT2D eigenvalue weighted by Gasteiger charge is -2.39. The smallest absolute Gasteiger partial charge is 0.295 e. The summed E-state index contributed by atoms with van der Waals surface area (Å²) in [5, 5.41) is 12.7. The molecule has 3 fully saturated rings. The van der Waals surface area contributed by atoms with Crippen LogP contribution in [0, 0.1) is 29.1 Å². The quantitative estimate of drug-likeness (QED) is 0.473. The molecule has 8 heteroatoms. The Morgan fingerprint density at radius 2 is 2.03 bits per heavy atom. The number of aromatic nitrogens is 2. The molecule has 5 atom stereocenters. The van der Waals surface area contributed by atoms with Crippen LogP contribution in [-0.4, -0.2) is 34.5 Å². The van der Waals surface area contributed by atoms with Crippen LogP contribution < -0.4 is 16.0 Å². The number of carbonyl (C=O) groups is 1. The Morgan fingerprint density at radius 3 is 2.81 bits per heavy atom. The normalized spacial score (nSPS) is 26.7.